The Morgan fingerprint density at radius 1 is 1.65 bits per heavy atom. The molecule has 88 valence electrons. The Hall–Kier alpha value is -1.62. The van der Waals surface area contributed by atoms with Crippen LogP contribution in [0.2, 0.25) is 0 Å². The van der Waals surface area contributed by atoms with Crippen LogP contribution in [0.5, 0.6) is 0 Å². The normalized spacial score (nSPS) is 18.2. The number of carboxylic acids is 1. The van der Waals surface area contributed by atoms with Crippen LogP contribution < -0.4 is 0 Å². The highest BCUT2D eigenvalue weighted by Crippen LogP contribution is 2.31. The summed E-state index contributed by atoms with van der Waals surface area (Å²) in [6.07, 6.45) is 2.23. The van der Waals surface area contributed by atoms with Crippen LogP contribution in [0.4, 0.5) is 0 Å². The zero-order chi connectivity index (χ0) is 11.8. The van der Waals surface area contributed by atoms with Gasteiger partial charge in [-0.25, -0.2) is 4.98 Å². The second kappa shape index (κ2) is 4.00. The lowest BCUT2D eigenvalue weighted by Gasteiger charge is -2.00. The Morgan fingerprint density at radius 2 is 2.53 bits per heavy atom. The van der Waals surface area contributed by atoms with Gasteiger partial charge in [-0.15, -0.1) is 11.3 Å². The molecule has 0 radical (unpaired) electrons. The quantitative estimate of drug-likeness (QED) is 0.875. The molecular formula is C12H12N2O2S. The van der Waals surface area contributed by atoms with Crippen molar-refractivity contribution in [2.45, 2.75) is 25.2 Å². The highest BCUT2D eigenvalue weighted by molar-refractivity contribution is 7.09. The van der Waals surface area contributed by atoms with Crippen LogP contribution in [0, 0.1) is 0 Å². The molecule has 0 fully saturated rings. The fraction of sp³-hybridized carbons (Fsp3) is 0.333. The molecule has 4 nitrogen and oxygen atoms in total. The minimum atomic E-state index is -0.766. The van der Waals surface area contributed by atoms with E-state index in [0.717, 1.165) is 30.1 Å². The number of nitrogens with one attached hydrogen (secondary N) is 1. The number of fused-ring (bicyclic) bond motifs is 1. The van der Waals surface area contributed by atoms with Crippen molar-refractivity contribution in [3.63, 3.8) is 0 Å². The molecule has 1 atom stereocenters. The Labute approximate surface area is 102 Å². The van der Waals surface area contributed by atoms with Gasteiger partial charge in [0, 0.05) is 17.0 Å². The van der Waals surface area contributed by atoms with Gasteiger partial charge in [0.25, 0.3) is 0 Å². The molecule has 2 aromatic rings. The molecule has 0 amide bonds. The maximum atomic E-state index is 11.0. The van der Waals surface area contributed by atoms with Crippen LogP contribution in [0.3, 0.4) is 0 Å². The molecule has 3 rings (SSSR count). The third kappa shape index (κ3) is 1.86. The highest BCUT2D eigenvalue weighted by atomic mass is 32.1. The second-order valence-corrected chi connectivity index (χ2v) is 5.27. The molecule has 0 aliphatic heterocycles. The molecule has 17 heavy (non-hydrogen) atoms. The molecule has 1 aliphatic rings. The van der Waals surface area contributed by atoms with Gasteiger partial charge in [0.2, 0.25) is 0 Å². The van der Waals surface area contributed by atoms with E-state index >= 15 is 0 Å². The number of aliphatic carboxylic acids is 1. The lowest BCUT2D eigenvalue weighted by atomic mass is 10.1. The zero-order valence-electron chi connectivity index (χ0n) is 9.14. The van der Waals surface area contributed by atoms with E-state index in [4.69, 9.17) is 5.11 Å². The van der Waals surface area contributed by atoms with Crippen molar-refractivity contribution < 1.29 is 9.90 Å². The van der Waals surface area contributed by atoms with Gasteiger partial charge in [-0.05, 0) is 24.3 Å². The van der Waals surface area contributed by atoms with Crippen molar-refractivity contribution >= 4 is 17.3 Å². The maximum absolute atomic E-state index is 11.0. The number of aromatic amines is 1. The Morgan fingerprint density at radius 3 is 3.24 bits per heavy atom. The number of H-pyrrole nitrogens is 1. The summed E-state index contributed by atoms with van der Waals surface area (Å²) in [5.41, 5.74) is 1.74. The lowest BCUT2D eigenvalue weighted by Crippen LogP contribution is -2.08. The van der Waals surface area contributed by atoms with Crippen molar-refractivity contribution in [1.29, 1.82) is 0 Å². The molecule has 2 N–H and O–H groups in total. The van der Waals surface area contributed by atoms with Gasteiger partial charge in [0.15, 0.2) is 0 Å². The minimum absolute atomic E-state index is 0.418. The SMILES string of the molecule is O=C(O)C1CCc2[nH]c(Cc3cccs3)nc21. The van der Waals surface area contributed by atoms with Gasteiger partial charge in [0.1, 0.15) is 11.7 Å². The topological polar surface area (TPSA) is 66.0 Å². The first kappa shape index (κ1) is 10.5. The van der Waals surface area contributed by atoms with Crippen LogP contribution in [0.1, 0.15) is 34.4 Å². The molecule has 1 unspecified atom stereocenters. The van der Waals surface area contributed by atoms with Crippen molar-refractivity contribution in [2.24, 2.45) is 0 Å². The number of aromatic nitrogens is 2. The molecular weight excluding hydrogens is 236 g/mol. The van der Waals surface area contributed by atoms with Gasteiger partial charge in [-0.1, -0.05) is 6.07 Å². The fourth-order valence-electron chi connectivity index (χ4n) is 2.29. The number of imidazole rings is 1. The van der Waals surface area contributed by atoms with E-state index in [1.165, 1.54) is 4.88 Å². The van der Waals surface area contributed by atoms with Crippen molar-refractivity contribution in [3.8, 4) is 0 Å². The molecule has 0 saturated carbocycles. The Bertz CT molecular complexity index is 545. The summed E-state index contributed by atoms with van der Waals surface area (Å²) in [6.45, 7) is 0. The zero-order valence-corrected chi connectivity index (χ0v) is 9.96. The van der Waals surface area contributed by atoms with E-state index in [0.29, 0.717) is 6.42 Å². The highest BCUT2D eigenvalue weighted by Gasteiger charge is 2.31. The number of hydrogen-bond acceptors (Lipinski definition) is 3. The smallest absolute Gasteiger partial charge is 0.312 e. The molecule has 0 aromatic carbocycles. The lowest BCUT2D eigenvalue weighted by molar-refractivity contribution is -0.138. The summed E-state index contributed by atoms with van der Waals surface area (Å²) >= 11 is 1.69. The molecule has 5 heteroatoms. The van der Waals surface area contributed by atoms with Crippen LogP contribution in [-0.4, -0.2) is 21.0 Å². The van der Waals surface area contributed by atoms with Gasteiger partial charge in [-0.3, -0.25) is 4.79 Å². The average Bonchev–Trinajstić information content (AvgIpc) is 2.92. The van der Waals surface area contributed by atoms with Crippen LogP contribution in [-0.2, 0) is 17.6 Å². The number of carboxylic acid groups (broad SMARTS) is 1. The second-order valence-electron chi connectivity index (χ2n) is 4.23. The number of nitrogens with zero attached hydrogens (tertiary/aromatic N) is 1. The number of aryl methyl sites for hydroxylation is 1. The summed E-state index contributed by atoms with van der Waals surface area (Å²) < 4.78 is 0. The predicted molar refractivity (Wildman–Crippen MR) is 64.4 cm³/mol. The van der Waals surface area contributed by atoms with Gasteiger partial charge >= 0.3 is 5.97 Å². The fourth-order valence-corrected chi connectivity index (χ4v) is 2.99. The van der Waals surface area contributed by atoms with Gasteiger partial charge in [0.05, 0.1) is 5.69 Å². The van der Waals surface area contributed by atoms with E-state index in [2.05, 4.69) is 16.0 Å². The van der Waals surface area contributed by atoms with Crippen LogP contribution >= 0.6 is 11.3 Å². The first-order valence-corrected chi connectivity index (χ1v) is 6.45. The van der Waals surface area contributed by atoms with E-state index in [9.17, 15) is 4.79 Å². The molecule has 2 heterocycles. The van der Waals surface area contributed by atoms with E-state index < -0.39 is 11.9 Å². The molecule has 2 aromatic heterocycles. The first-order valence-electron chi connectivity index (χ1n) is 5.57. The summed E-state index contributed by atoms with van der Waals surface area (Å²) in [5.74, 6) is -0.306. The predicted octanol–water partition coefficient (Wildman–Crippen LogP) is 2.18. The summed E-state index contributed by atoms with van der Waals surface area (Å²) in [7, 11) is 0. The van der Waals surface area contributed by atoms with Crippen LogP contribution in [0.25, 0.3) is 0 Å². The third-order valence-electron chi connectivity index (χ3n) is 3.09. The first-order chi connectivity index (χ1) is 8.24. The summed E-state index contributed by atoms with van der Waals surface area (Å²) in [6, 6.07) is 4.07. The van der Waals surface area contributed by atoms with Crippen molar-refractivity contribution in [1.82, 2.24) is 9.97 Å². The maximum Gasteiger partial charge on any atom is 0.312 e. The minimum Gasteiger partial charge on any atom is -0.481 e. The average molecular weight is 248 g/mol. The third-order valence-corrected chi connectivity index (χ3v) is 3.97. The van der Waals surface area contributed by atoms with Crippen molar-refractivity contribution in [2.75, 3.05) is 0 Å². The van der Waals surface area contributed by atoms with Crippen molar-refractivity contribution in [3.05, 3.63) is 39.6 Å². The molecule has 0 bridgehead atoms. The summed E-state index contributed by atoms with van der Waals surface area (Å²) in [4.78, 5) is 20.0. The van der Waals surface area contributed by atoms with E-state index in [1.54, 1.807) is 11.3 Å². The van der Waals surface area contributed by atoms with E-state index in [1.807, 2.05) is 11.4 Å². The number of hydrogen-bond donors (Lipinski definition) is 2. The van der Waals surface area contributed by atoms with E-state index in [-0.39, 0.29) is 0 Å². The van der Waals surface area contributed by atoms with Gasteiger partial charge in [-0.2, -0.15) is 0 Å². The standard InChI is InChI=1S/C12H12N2O2S/c15-12(16)8-3-4-9-11(8)14-10(13-9)6-7-2-1-5-17-7/h1-2,5,8H,3-4,6H2,(H,13,14)(H,15,16). The number of thiophene rings is 1. The number of carbonyl (C=O) groups is 1. The monoisotopic (exact) mass is 248 g/mol. The molecule has 1 aliphatic carbocycles. The number of rotatable bonds is 3. The Balaban J connectivity index is 1.86. The molecule has 0 spiro atoms. The summed E-state index contributed by atoms with van der Waals surface area (Å²) in [5, 5.41) is 11.1. The Kier molecular flexibility index (Phi) is 2.48. The van der Waals surface area contributed by atoms with Gasteiger partial charge < -0.3 is 10.1 Å². The molecule has 0 saturated heterocycles. The van der Waals surface area contributed by atoms with Crippen LogP contribution in [0.15, 0.2) is 17.5 Å². The largest absolute Gasteiger partial charge is 0.481 e.